The van der Waals surface area contributed by atoms with E-state index < -0.39 is 62.8 Å². The van der Waals surface area contributed by atoms with Gasteiger partial charge in [-0.15, -0.1) is 0 Å². The average molecular weight is 614 g/mol. The molecule has 0 fully saturated rings. The summed E-state index contributed by atoms with van der Waals surface area (Å²) in [6.45, 7) is 13.5. The number of halogens is 4. The summed E-state index contributed by atoms with van der Waals surface area (Å²) in [5, 5.41) is 19.0. The monoisotopic (exact) mass is 613 g/mol. The summed E-state index contributed by atoms with van der Waals surface area (Å²) >= 11 is 0. The van der Waals surface area contributed by atoms with Crippen molar-refractivity contribution in [3.05, 3.63) is 94.1 Å². The highest BCUT2D eigenvalue weighted by Gasteiger charge is 2.45. The number of rotatable bonds is 9. The molecule has 3 aromatic rings. The van der Waals surface area contributed by atoms with Gasteiger partial charge >= 0.3 is 6.16 Å². The summed E-state index contributed by atoms with van der Waals surface area (Å²) in [6, 6.07) is 12.4. The smallest absolute Gasteiger partial charge is 0.508 e. The summed E-state index contributed by atoms with van der Waals surface area (Å²) < 4.78 is 72.6. The maximum Gasteiger partial charge on any atom is 0.514 e. The molecule has 0 saturated carbocycles. The quantitative estimate of drug-likeness (QED) is 0.148. The van der Waals surface area contributed by atoms with E-state index in [0.717, 1.165) is 29.8 Å². The molecule has 0 aliphatic heterocycles. The van der Waals surface area contributed by atoms with Crippen LogP contribution < -0.4 is 4.74 Å². The van der Waals surface area contributed by atoms with Crippen molar-refractivity contribution >= 4 is 6.16 Å². The standard InChI is InChI=1S/C35H39F4NO4/c1-9-34(7,22-12-10-21(18-40)11-13-22)20-35(8,19-33(5,6)29-25(36)14-23(41)15-26(29)37)30-27(38)16-24(17-28(30)39)43-31(42)44-32(2,3)4/h10-17,41H,9,19-20H2,1-8H3. The predicted molar refractivity (Wildman–Crippen MR) is 160 cm³/mol. The fourth-order valence-electron chi connectivity index (χ4n) is 6.30. The van der Waals surface area contributed by atoms with Crippen molar-refractivity contribution in [2.75, 3.05) is 0 Å². The van der Waals surface area contributed by atoms with Crippen molar-refractivity contribution in [3.63, 3.8) is 0 Å². The summed E-state index contributed by atoms with van der Waals surface area (Å²) in [5.41, 5.74) is -3.71. The lowest BCUT2D eigenvalue weighted by atomic mass is 9.59. The summed E-state index contributed by atoms with van der Waals surface area (Å²) in [6.07, 6.45) is -0.594. The molecular formula is C35H39F4NO4. The Balaban J connectivity index is 2.19. The van der Waals surface area contributed by atoms with Gasteiger partial charge in [0.15, 0.2) is 0 Å². The molecule has 236 valence electrons. The minimum Gasteiger partial charge on any atom is -0.508 e. The number of benzene rings is 3. The van der Waals surface area contributed by atoms with Crippen molar-refractivity contribution in [2.45, 2.75) is 96.5 Å². The van der Waals surface area contributed by atoms with E-state index in [1.165, 1.54) is 0 Å². The van der Waals surface area contributed by atoms with E-state index in [9.17, 15) is 15.2 Å². The third-order valence-electron chi connectivity index (χ3n) is 8.02. The lowest BCUT2D eigenvalue weighted by molar-refractivity contribution is 0.0205. The molecule has 0 spiro atoms. The van der Waals surface area contributed by atoms with Crippen LogP contribution in [0.3, 0.4) is 0 Å². The lowest BCUT2D eigenvalue weighted by Gasteiger charge is -2.44. The minimum atomic E-state index is -1.39. The largest absolute Gasteiger partial charge is 0.514 e. The maximum atomic E-state index is 16.1. The van der Waals surface area contributed by atoms with Gasteiger partial charge in [-0.3, -0.25) is 0 Å². The van der Waals surface area contributed by atoms with Crippen LogP contribution in [0, 0.1) is 34.6 Å². The second-order valence-electron chi connectivity index (χ2n) is 13.5. The first kappa shape index (κ1) is 34.4. The number of nitriles is 1. The highest BCUT2D eigenvalue weighted by Crippen LogP contribution is 2.50. The van der Waals surface area contributed by atoms with E-state index in [2.05, 4.69) is 6.07 Å². The molecule has 2 atom stereocenters. The van der Waals surface area contributed by atoms with Crippen LogP contribution in [-0.4, -0.2) is 16.9 Å². The number of nitrogens with zero attached hydrogens (tertiary/aromatic N) is 1. The second-order valence-corrected chi connectivity index (χ2v) is 13.5. The molecule has 0 amide bonds. The van der Waals surface area contributed by atoms with Gasteiger partial charge in [0.05, 0.1) is 11.6 Å². The zero-order valence-corrected chi connectivity index (χ0v) is 26.4. The first-order valence-corrected chi connectivity index (χ1v) is 14.3. The normalized spacial score (nSPS) is 14.7. The number of hydrogen-bond donors (Lipinski definition) is 1. The Hall–Kier alpha value is -4.06. The molecule has 0 heterocycles. The van der Waals surface area contributed by atoms with Crippen molar-refractivity contribution < 1.29 is 36.9 Å². The number of carbonyl (C=O) groups excluding carboxylic acids is 1. The molecule has 0 aromatic heterocycles. The van der Waals surface area contributed by atoms with Gasteiger partial charge in [-0.25, -0.2) is 22.4 Å². The molecule has 44 heavy (non-hydrogen) atoms. The van der Waals surface area contributed by atoms with Crippen LogP contribution in [0.15, 0.2) is 48.5 Å². The Morgan fingerprint density at radius 3 is 1.75 bits per heavy atom. The summed E-state index contributed by atoms with van der Waals surface area (Å²) in [4.78, 5) is 12.2. The third kappa shape index (κ3) is 7.71. The van der Waals surface area contributed by atoms with Crippen LogP contribution in [0.25, 0.3) is 0 Å². The number of phenolic OH excluding ortho intramolecular Hbond substituents is 1. The Bertz CT molecular complexity index is 1530. The molecule has 0 bridgehead atoms. The molecule has 2 unspecified atom stereocenters. The number of carbonyl (C=O) groups is 1. The van der Waals surface area contributed by atoms with E-state index >= 15 is 17.6 Å². The van der Waals surface area contributed by atoms with Crippen molar-refractivity contribution in [1.82, 2.24) is 0 Å². The van der Waals surface area contributed by atoms with E-state index in [1.54, 1.807) is 65.8 Å². The molecule has 0 saturated heterocycles. The fraction of sp³-hybridized carbons (Fsp3) is 0.429. The Morgan fingerprint density at radius 1 is 0.795 bits per heavy atom. The SMILES string of the molecule is CCC(C)(CC(C)(CC(C)(C)c1c(F)cc(O)cc1F)c1c(F)cc(OC(=O)OC(C)(C)C)cc1F)c1ccc(C#N)cc1. The number of aromatic hydroxyl groups is 1. The molecule has 3 rings (SSSR count). The summed E-state index contributed by atoms with van der Waals surface area (Å²) in [5.74, 6) is -4.97. The number of hydrogen-bond acceptors (Lipinski definition) is 5. The van der Waals surface area contributed by atoms with Gasteiger partial charge in [0.25, 0.3) is 0 Å². The van der Waals surface area contributed by atoms with Gasteiger partial charge in [-0.2, -0.15) is 5.26 Å². The Labute approximate surface area is 256 Å². The van der Waals surface area contributed by atoms with Gasteiger partial charge < -0.3 is 14.6 Å². The number of phenols is 1. The molecule has 5 nitrogen and oxygen atoms in total. The van der Waals surface area contributed by atoms with Gasteiger partial charge in [0.2, 0.25) is 0 Å². The van der Waals surface area contributed by atoms with Gasteiger partial charge in [-0.05, 0) is 74.0 Å². The molecule has 1 N–H and O–H groups in total. The van der Waals surface area contributed by atoms with E-state index in [4.69, 9.17) is 9.47 Å². The predicted octanol–water partition coefficient (Wildman–Crippen LogP) is 9.52. The molecule has 0 aliphatic rings. The summed E-state index contributed by atoms with van der Waals surface area (Å²) in [7, 11) is 0. The lowest BCUT2D eigenvalue weighted by Crippen LogP contribution is -2.40. The van der Waals surface area contributed by atoms with E-state index in [1.807, 2.05) is 13.8 Å². The van der Waals surface area contributed by atoms with Gasteiger partial charge in [0.1, 0.15) is 40.4 Å². The Morgan fingerprint density at radius 2 is 1.30 bits per heavy atom. The van der Waals surface area contributed by atoms with Crippen molar-refractivity contribution in [2.24, 2.45) is 0 Å². The zero-order chi connectivity index (χ0) is 33.3. The third-order valence-corrected chi connectivity index (χ3v) is 8.02. The van der Waals surface area contributed by atoms with Crippen LogP contribution in [0.4, 0.5) is 22.4 Å². The molecular weight excluding hydrogens is 574 g/mol. The molecule has 0 radical (unpaired) electrons. The minimum absolute atomic E-state index is 0.120. The Kier molecular flexibility index (Phi) is 9.79. The zero-order valence-electron chi connectivity index (χ0n) is 26.4. The van der Waals surface area contributed by atoms with Crippen LogP contribution >= 0.6 is 0 Å². The first-order chi connectivity index (χ1) is 20.2. The highest BCUT2D eigenvalue weighted by atomic mass is 19.1. The van der Waals surface area contributed by atoms with Gasteiger partial charge in [0, 0.05) is 35.4 Å². The van der Waals surface area contributed by atoms with E-state index in [0.29, 0.717) is 12.0 Å². The van der Waals surface area contributed by atoms with Crippen LogP contribution in [0.1, 0.15) is 96.9 Å². The van der Waals surface area contributed by atoms with Crippen LogP contribution in [-0.2, 0) is 21.0 Å². The molecule has 9 heteroatoms. The van der Waals surface area contributed by atoms with Crippen molar-refractivity contribution in [3.8, 4) is 17.6 Å². The number of ether oxygens (including phenoxy) is 2. The van der Waals surface area contributed by atoms with Crippen LogP contribution in [0.2, 0.25) is 0 Å². The molecule has 3 aromatic carbocycles. The average Bonchev–Trinajstić information content (AvgIpc) is 2.85. The first-order valence-electron chi connectivity index (χ1n) is 14.3. The second kappa shape index (κ2) is 12.5. The molecule has 0 aliphatic carbocycles. The van der Waals surface area contributed by atoms with E-state index in [-0.39, 0.29) is 24.0 Å². The highest BCUT2D eigenvalue weighted by molar-refractivity contribution is 5.64. The maximum absolute atomic E-state index is 16.1. The van der Waals surface area contributed by atoms with Gasteiger partial charge in [-0.1, -0.05) is 46.8 Å². The van der Waals surface area contributed by atoms with Crippen molar-refractivity contribution in [1.29, 1.82) is 5.26 Å². The topological polar surface area (TPSA) is 79.6 Å². The fourth-order valence-corrected chi connectivity index (χ4v) is 6.30. The van der Waals surface area contributed by atoms with Crippen LogP contribution in [0.5, 0.6) is 11.5 Å².